The zero-order valence-electron chi connectivity index (χ0n) is 28.2. The highest BCUT2D eigenvalue weighted by Gasteiger charge is 2.36. The summed E-state index contributed by atoms with van der Waals surface area (Å²) in [4.78, 5) is 59.4. The number of nitrogens with one attached hydrogen (secondary N) is 1. The molecule has 1 aromatic heterocycles. The van der Waals surface area contributed by atoms with E-state index >= 15 is 0 Å². The molecule has 0 radical (unpaired) electrons. The quantitative estimate of drug-likeness (QED) is 0.362. The average Bonchev–Trinajstić information content (AvgIpc) is 3.11. The molecule has 3 aliphatic rings. The molecule has 3 atom stereocenters. The Bertz CT molecular complexity index is 1730. The number of fused-ring (bicyclic) bond motifs is 4. The van der Waals surface area contributed by atoms with Gasteiger partial charge in [0.25, 0.3) is 17.4 Å². The molecular weight excluding hydrogens is 610 g/mol. The number of hydrogen-bond donors (Lipinski definition) is 1. The van der Waals surface area contributed by atoms with E-state index in [0.717, 1.165) is 30.6 Å². The van der Waals surface area contributed by atoms with Crippen molar-refractivity contribution in [2.75, 3.05) is 63.7 Å². The molecule has 11 heteroatoms. The van der Waals surface area contributed by atoms with E-state index in [0.29, 0.717) is 74.1 Å². The summed E-state index contributed by atoms with van der Waals surface area (Å²) in [6, 6.07) is 16.0. The zero-order chi connectivity index (χ0) is 33.9. The number of carbonyl (C=O) groups is 3. The molecule has 3 aromatic rings. The number of hydrogen-bond acceptors (Lipinski definition) is 7. The smallest absolute Gasteiger partial charge is 0.255 e. The van der Waals surface area contributed by atoms with E-state index in [1.54, 1.807) is 35.2 Å². The van der Waals surface area contributed by atoms with Crippen molar-refractivity contribution < 1.29 is 23.9 Å². The molecule has 254 valence electrons. The van der Waals surface area contributed by atoms with Crippen LogP contribution in [0.1, 0.15) is 65.4 Å². The van der Waals surface area contributed by atoms with E-state index in [1.807, 2.05) is 47.6 Å². The minimum Gasteiger partial charge on any atom is -0.497 e. The molecular formula is C37H45N5O6. The largest absolute Gasteiger partial charge is 0.497 e. The highest BCUT2D eigenvalue weighted by Crippen LogP contribution is 2.40. The molecule has 2 aromatic carbocycles. The van der Waals surface area contributed by atoms with Crippen molar-refractivity contribution >= 4 is 29.1 Å². The van der Waals surface area contributed by atoms with Crippen molar-refractivity contribution in [3.8, 4) is 11.5 Å². The van der Waals surface area contributed by atoms with Gasteiger partial charge < -0.3 is 34.1 Å². The number of rotatable bonds is 9. The van der Waals surface area contributed by atoms with Crippen LogP contribution in [0.4, 0.5) is 11.4 Å². The summed E-state index contributed by atoms with van der Waals surface area (Å²) in [5.41, 5.74) is 3.19. The molecule has 11 nitrogen and oxygen atoms in total. The third-order valence-corrected chi connectivity index (χ3v) is 10.1. The summed E-state index contributed by atoms with van der Waals surface area (Å²) in [6.07, 6.45) is 2.50. The lowest BCUT2D eigenvalue weighted by Gasteiger charge is -2.44. The van der Waals surface area contributed by atoms with Crippen LogP contribution in [0, 0.1) is 11.8 Å². The molecule has 1 N–H and O–H groups in total. The van der Waals surface area contributed by atoms with E-state index in [4.69, 9.17) is 9.47 Å². The lowest BCUT2D eigenvalue weighted by atomic mass is 9.83. The standard InChI is InChI=1S/C37H45N5O6/c1-5-39(6-2)37(46)26-9-8-14-40(22-26)36(45)25-12-13-33(31(18-25)38-35(44)27-16-29(47-3)19-30(17-27)48-4)41-20-24-15-28(23-41)32-10-7-11-34(43)42(32)21-24/h7,10-13,16-19,24,26,28H,5-6,8-9,14-15,20-23H2,1-4H3,(H,38,44). The Kier molecular flexibility index (Phi) is 9.75. The third kappa shape index (κ3) is 6.63. The van der Waals surface area contributed by atoms with Gasteiger partial charge in [0.1, 0.15) is 11.5 Å². The normalized spacial score (nSPS) is 20.0. The Morgan fingerprint density at radius 3 is 2.35 bits per heavy atom. The minimum absolute atomic E-state index is 0.0268. The highest BCUT2D eigenvalue weighted by atomic mass is 16.5. The summed E-state index contributed by atoms with van der Waals surface area (Å²) in [5, 5.41) is 3.10. The first kappa shape index (κ1) is 33.1. The second-order valence-corrected chi connectivity index (χ2v) is 13.0. The lowest BCUT2D eigenvalue weighted by Crippen LogP contribution is -2.47. The lowest BCUT2D eigenvalue weighted by molar-refractivity contribution is -0.136. The van der Waals surface area contributed by atoms with Gasteiger partial charge in [-0.25, -0.2) is 0 Å². The first-order valence-electron chi connectivity index (χ1n) is 16.9. The number of nitrogens with zero attached hydrogens (tertiary/aromatic N) is 4. The number of ether oxygens (including phenoxy) is 2. The monoisotopic (exact) mass is 655 g/mol. The van der Waals surface area contributed by atoms with Crippen LogP contribution in [0.5, 0.6) is 11.5 Å². The van der Waals surface area contributed by atoms with Crippen LogP contribution in [0.3, 0.4) is 0 Å². The predicted molar refractivity (Wildman–Crippen MR) is 184 cm³/mol. The molecule has 0 saturated carbocycles. The Balaban J connectivity index is 1.32. The Labute approximate surface area is 281 Å². The average molecular weight is 656 g/mol. The number of methoxy groups -OCH3 is 2. The maximum Gasteiger partial charge on any atom is 0.255 e. The van der Waals surface area contributed by atoms with E-state index in [9.17, 15) is 19.2 Å². The van der Waals surface area contributed by atoms with Gasteiger partial charge in [0.2, 0.25) is 5.91 Å². The molecule has 0 spiro atoms. The van der Waals surface area contributed by atoms with Gasteiger partial charge in [-0.3, -0.25) is 19.2 Å². The summed E-state index contributed by atoms with van der Waals surface area (Å²) in [5.74, 6) is 0.725. The van der Waals surface area contributed by atoms with Crippen LogP contribution < -0.4 is 25.2 Å². The maximum absolute atomic E-state index is 14.0. The van der Waals surface area contributed by atoms with Gasteiger partial charge >= 0.3 is 0 Å². The third-order valence-electron chi connectivity index (χ3n) is 10.1. The summed E-state index contributed by atoms with van der Waals surface area (Å²) < 4.78 is 12.7. The van der Waals surface area contributed by atoms with Crippen molar-refractivity contribution in [3.63, 3.8) is 0 Å². The number of piperidine rings is 2. The van der Waals surface area contributed by atoms with Crippen molar-refractivity contribution in [2.45, 2.75) is 45.6 Å². The summed E-state index contributed by atoms with van der Waals surface area (Å²) in [7, 11) is 3.06. The van der Waals surface area contributed by atoms with Gasteiger partial charge in [0.05, 0.1) is 31.5 Å². The fourth-order valence-corrected chi connectivity index (χ4v) is 7.61. The van der Waals surface area contributed by atoms with Crippen LogP contribution >= 0.6 is 0 Å². The van der Waals surface area contributed by atoms with E-state index in [-0.39, 0.29) is 41.0 Å². The van der Waals surface area contributed by atoms with Gasteiger partial charge in [-0.15, -0.1) is 0 Å². The first-order chi connectivity index (χ1) is 23.2. The van der Waals surface area contributed by atoms with E-state index < -0.39 is 0 Å². The molecule has 3 amide bonds. The number of carbonyl (C=O) groups excluding carboxylic acids is 3. The maximum atomic E-state index is 14.0. The summed E-state index contributed by atoms with van der Waals surface area (Å²) >= 11 is 0. The van der Waals surface area contributed by atoms with Crippen LogP contribution in [-0.2, 0) is 11.3 Å². The molecule has 2 saturated heterocycles. The second kappa shape index (κ2) is 14.1. The molecule has 0 aliphatic carbocycles. The number of benzene rings is 2. The Morgan fingerprint density at radius 1 is 0.896 bits per heavy atom. The van der Waals surface area contributed by atoms with Crippen molar-refractivity contribution in [3.05, 3.63) is 81.8 Å². The molecule has 4 heterocycles. The van der Waals surface area contributed by atoms with Gasteiger partial charge in [-0.05, 0) is 75.4 Å². The van der Waals surface area contributed by atoms with E-state index in [2.05, 4.69) is 10.2 Å². The first-order valence-corrected chi connectivity index (χ1v) is 16.9. The molecule has 2 bridgehead atoms. The van der Waals surface area contributed by atoms with Gasteiger partial charge in [0.15, 0.2) is 0 Å². The number of aromatic nitrogens is 1. The Hall–Kier alpha value is -4.80. The second-order valence-electron chi connectivity index (χ2n) is 13.0. The number of likely N-dealkylation sites (tertiary alicyclic amines) is 1. The SMILES string of the molecule is CCN(CC)C(=O)C1CCCN(C(=O)c2ccc(N3CC4CC(C3)c3cccc(=O)n3C4)c(NC(=O)c3cc(OC)cc(OC)c3)c2)C1. The molecule has 3 aliphatic heterocycles. The fraction of sp³-hybridized carbons (Fsp3) is 0.459. The van der Waals surface area contributed by atoms with Gasteiger partial charge in [0, 0.05) is 80.7 Å². The van der Waals surface area contributed by atoms with Crippen molar-refractivity contribution in [2.24, 2.45) is 11.8 Å². The van der Waals surface area contributed by atoms with Crippen LogP contribution in [0.25, 0.3) is 0 Å². The zero-order valence-corrected chi connectivity index (χ0v) is 28.2. The topological polar surface area (TPSA) is 113 Å². The molecule has 6 rings (SSSR count). The number of amides is 3. The number of anilines is 2. The van der Waals surface area contributed by atoms with Crippen molar-refractivity contribution in [1.82, 2.24) is 14.4 Å². The molecule has 48 heavy (non-hydrogen) atoms. The van der Waals surface area contributed by atoms with Gasteiger partial charge in [-0.2, -0.15) is 0 Å². The fourth-order valence-electron chi connectivity index (χ4n) is 7.61. The minimum atomic E-state index is -0.366. The van der Waals surface area contributed by atoms with Crippen LogP contribution in [-0.4, -0.2) is 85.6 Å². The predicted octanol–water partition coefficient (Wildman–Crippen LogP) is 4.46. The van der Waals surface area contributed by atoms with Crippen LogP contribution in [0.15, 0.2) is 59.4 Å². The highest BCUT2D eigenvalue weighted by molar-refractivity contribution is 6.07. The number of pyridine rings is 1. The van der Waals surface area contributed by atoms with E-state index in [1.165, 1.54) is 14.2 Å². The Morgan fingerprint density at radius 2 is 1.65 bits per heavy atom. The van der Waals surface area contributed by atoms with Crippen LogP contribution in [0.2, 0.25) is 0 Å². The molecule has 2 fully saturated rings. The van der Waals surface area contributed by atoms with Crippen molar-refractivity contribution in [1.29, 1.82) is 0 Å². The van der Waals surface area contributed by atoms with Gasteiger partial charge in [-0.1, -0.05) is 6.07 Å². The summed E-state index contributed by atoms with van der Waals surface area (Å²) in [6.45, 7) is 8.20. The molecule has 3 unspecified atom stereocenters.